The molecule has 0 bridgehead atoms. The maximum absolute atomic E-state index is 11.6. The van der Waals surface area contributed by atoms with Crippen molar-refractivity contribution in [2.24, 2.45) is 0 Å². The maximum Gasteiger partial charge on any atom is 0.378 e. The van der Waals surface area contributed by atoms with E-state index >= 15 is 0 Å². The Labute approximate surface area is 115 Å². The minimum Gasteiger partial charge on any atom is -0.460 e. The maximum atomic E-state index is 11.6. The van der Waals surface area contributed by atoms with Crippen LogP contribution in [0.4, 0.5) is 0 Å². The van der Waals surface area contributed by atoms with Crippen molar-refractivity contribution in [3.05, 3.63) is 17.5 Å². The van der Waals surface area contributed by atoms with Crippen LogP contribution in [0.3, 0.4) is 0 Å². The molecule has 0 aromatic carbocycles. The highest BCUT2D eigenvalue weighted by atomic mass is 16.5. The molecule has 108 valence electrons. The third-order valence-electron chi connectivity index (χ3n) is 2.39. The number of rotatable bonds is 4. The number of aromatic nitrogens is 6. The van der Waals surface area contributed by atoms with Gasteiger partial charge < -0.3 is 9.26 Å². The number of nitrogens with zero attached hydrogens (tertiary/aromatic N) is 6. The van der Waals surface area contributed by atoms with Crippen molar-refractivity contribution in [3.63, 3.8) is 0 Å². The fourth-order valence-electron chi connectivity index (χ4n) is 1.41. The lowest BCUT2D eigenvalue weighted by Gasteiger charge is -2.10. The Hall–Kier alpha value is -2.32. The fraction of sp³-hybridized carbons (Fsp3) is 0.636. The van der Waals surface area contributed by atoms with E-state index in [9.17, 15) is 4.79 Å². The first-order valence-electron chi connectivity index (χ1n) is 6.18. The first-order valence-corrected chi connectivity index (χ1v) is 6.18. The van der Waals surface area contributed by atoms with Crippen molar-refractivity contribution in [1.82, 2.24) is 30.3 Å². The Balaban J connectivity index is 2.17. The largest absolute Gasteiger partial charge is 0.460 e. The van der Waals surface area contributed by atoms with Gasteiger partial charge in [-0.15, -0.1) is 5.10 Å². The second kappa shape index (κ2) is 5.35. The predicted molar refractivity (Wildman–Crippen MR) is 65.9 cm³/mol. The van der Waals surface area contributed by atoms with E-state index in [1.54, 1.807) is 6.92 Å². The monoisotopic (exact) mass is 280 g/mol. The quantitative estimate of drug-likeness (QED) is 0.748. The normalized spacial score (nSPS) is 11.6. The molecule has 0 saturated heterocycles. The van der Waals surface area contributed by atoms with Crippen LogP contribution in [-0.2, 0) is 16.7 Å². The van der Waals surface area contributed by atoms with Crippen LogP contribution in [0.1, 0.15) is 50.0 Å². The number of hydrogen-bond donors (Lipinski definition) is 0. The second-order valence-corrected chi connectivity index (χ2v) is 5.15. The summed E-state index contributed by atoms with van der Waals surface area (Å²) in [6.45, 7) is 7.99. The van der Waals surface area contributed by atoms with Gasteiger partial charge in [-0.3, -0.25) is 0 Å². The first-order chi connectivity index (χ1) is 9.41. The molecular formula is C11H16N6O3. The molecule has 2 aromatic heterocycles. The molecule has 9 heteroatoms. The van der Waals surface area contributed by atoms with Crippen molar-refractivity contribution < 1.29 is 14.1 Å². The zero-order valence-electron chi connectivity index (χ0n) is 11.8. The van der Waals surface area contributed by atoms with Gasteiger partial charge in [0.05, 0.1) is 6.61 Å². The standard InChI is InChI=1S/C11H16N6O3/c1-5-19-9(18)8-13-15-16-17(8)6-7-12-10(20-14-7)11(2,3)4/h5-6H2,1-4H3. The lowest BCUT2D eigenvalue weighted by molar-refractivity contribution is 0.0505. The summed E-state index contributed by atoms with van der Waals surface area (Å²) in [5.41, 5.74) is -0.240. The van der Waals surface area contributed by atoms with E-state index in [2.05, 4.69) is 25.7 Å². The van der Waals surface area contributed by atoms with Crippen molar-refractivity contribution >= 4 is 5.97 Å². The Morgan fingerprint density at radius 1 is 1.40 bits per heavy atom. The minimum atomic E-state index is -0.586. The van der Waals surface area contributed by atoms with Gasteiger partial charge in [0.1, 0.15) is 6.54 Å². The van der Waals surface area contributed by atoms with Crippen LogP contribution in [0.2, 0.25) is 0 Å². The summed E-state index contributed by atoms with van der Waals surface area (Å²) in [6.07, 6.45) is 0. The van der Waals surface area contributed by atoms with Gasteiger partial charge in [-0.2, -0.15) is 4.98 Å². The molecular weight excluding hydrogens is 264 g/mol. The van der Waals surface area contributed by atoms with E-state index < -0.39 is 5.97 Å². The minimum absolute atomic E-state index is 0.00830. The van der Waals surface area contributed by atoms with E-state index in [-0.39, 0.29) is 24.4 Å². The molecule has 0 saturated carbocycles. The Bertz CT molecular complexity index is 597. The Morgan fingerprint density at radius 3 is 2.75 bits per heavy atom. The van der Waals surface area contributed by atoms with E-state index in [0.717, 1.165) is 0 Å². The molecule has 0 unspecified atom stereocenters. The average molecular weight is 280 g/mol. The summed E-state index contributed by atoms with van der Waals surface area (Å²) in [5, 5.41) is 14.6. The number of tetrazole rings is 1. The molecule has 0 spiro atoms. The molecule has 0 aliphatic carbocycles. The van der Waals surface area contributed by atoms with E-state index in [1.807, 2.05) is 20.8 Å². The van der Waals surface area contributed by atoms with Gasteiger partial charge in [-0.05, 0) is 17.4 Å². The summed E-state index contributed by atoms with van der Waals surface area (Å²) in [5.74, 6) is 0.331. The summed E-state index contributed by atoms with van der Waals surface area (Å²) >= 11 is 0. The van der Waals surface area contributed by atoms with Crippen LogP contribution in [0.5, 0.6) is 0 Å². The molecule has 0 fully saturated rings. The van der Waals surface area contributed by atoms with Gasteiger partial charge in [0.25, 0.3) is 5.82 Å². The summed E-state index contributed by atoms with van der Waals surface area (Å²) in [4.78, 5) is 15.9. The number of carbonyl (C=O) groups is 1. The van der Waals surface area contributed by atoms with Crippen molar-refractivity contribution in [3.8, 4) is 0 Å². The molecule has 9 nitrogen and oxygen atoms in total. The molecule has 2 aromatic rings. The molecule has 0 amide bonds. The molecule has 0 atom stereocenters. The summed E-state index contributed by atoms with van der Waals surface area (Å²) in [6, 6.07) is 0. The highest BCUT2D eigenvalue weighted by molar-refractivity contribution is 5.85. The van der Waals surface area contributed by atoms with Crippen LogP contribution in [0, 0.1) is 0 Å². The van der Waals surface area contributed by atoms with Crippen LogP contribution in [0.15, 0.2) is 4.52 Å². The second-order valence-electron chi connectivity index (χ2n) is 5.15. The number of esters is 1. The van der Waals surface area contributed by atoms with E-state index in [0.29, 0.717) is 11.7 Å². The third-order valence-corrected chi connectivity index (χ3v) is 2.39. The Morgan fingerprint density at radius 2 is 2.15 bits per heavy atom. The van der Waals surface area contributed by atoms with E-state index in [4.69, 9.17) is 9.26 Å². The third kappa shape index (κ3) is 2.98. The van der Waals surface area contributed by atoms with Crippen LogP contribution < -0.4 is 0 Å². The van der Waals surface area contributed by atoms with Gasteiger partial charge in [-0.25, -0.2) is 9.48 Å². The lowest BCUT2D eigenvalue weighted by Crippen LogP contribution is -2.16. The smallest absolute Gasteiger partial charge is 0.378 e. The molecule has 2 heterocycles. The lowest BCUT2D eigenvalue weighted by atomic mass is 9.97. The first kappa shape index (κ1) is 14.1. The van der Waals surface area contributed by atoms with Crippen molar-refractivity contribution in [2.45, 2.75) is 39.7 Å². The fourth-order valence-corrected chi connectivity index (χ4v) is 1.41. The zero-order valence-corrected chi connectivity index (χ0v) is 11.8. The number of ether oxygens (including phenoxy) is 1. The molecule has 20 heavy (non-hydrogen) atoms. The SMILES string of the molecule is CCOC(=O)c1nnnn1Cc1noc(C(C)(C)C)n1. The van der Waals surface area contributed by atoms with Crippen LogP contribution in [0.25, 0.3) is 0 Å². The van der Waals surface area contributed by atoms with Crippen molar-refractivity contribution in [1.29, 1.82) is 0 Å². The van der Waals surface area contributed by atoms with Gasteiger partial charge in [0.2, 0.25) is 5.89 Å². The molecule has 2 rings (SSSR count). The highest BCUT2D eigenvalue weighted by Gasteiger charge is 2.23. The molecule has 0 N–H and O–H groups in total. The number of carbonyl (C=O) groups excluding carboxylic acids is 1. The predicted octanol–water partition coefficient (Wildman–Crippen LogP) is 0.579. The van der Waals surface area contributed by atoms with Crippen molar-refractivity contribution in [2.75, 3.05) is 6.61 Å². The molecule has 0 aliphatic heterocycles. The van der Waals surface area contributed by atoms with Crippen LogP contribution in [-0.4, -0.2) is 42.9 Å². The average Bonchev–Trinajstić information content (AvgIpc) is 2.98. The molecule has 0 aliphatic rings. The van der Waals surface area contributed by atoms with Gasteiger partial charge in [0, 0.05) is 5.41 Å². The van der Waals surface area contributed by atoms with Gasteiger partial charge >= 0.3 is 5.97 Å². The summed E-state index contributed by atoms with van der Waals surface area (Å²) < 4.78 is 11.3. The van der Waals surface area contributed by atoms with E-state index in [1.165, 1.54) is 4.68 Å². The molecule has 0 radical (unpaired) electrons. The number of hydrogen-bond acceptors (Lipinski definition) is 8. The van der Waals surface area contributed by atoms with Gasteiger partial charge in [0.15, 0.2) is 5.82 Å². The van der Waals surface area contributed by atoms with Gasteiger partial charge in [-0.1, -0.05) is 25.9 Å². The van der Waals surface area contributed by atoms with Crippen LogP contribution >= 0.6 is 0 Å². The topological polar surface area (TPSA) is 109 Å². The zero-order chi connectivity index (χ0) is 14.8. The highest BCUT2D eigenvalue weighted by Crippen LogP contribution is 2.19. The Kier molecular flexibility index (Phi) is 3.77. The summed E-state index contributed by atoms with van der Waals surface area (Å²) in [7, 11) is 0.